The van der Waals surface area contributed by atoms with Crippen LogP contribution in [0.15, 0.2) is 60.8 Å². The summed E-state index contributed by atoms with van der Waals surface area (Å²) in [6, 6.07) is 14.7. The second kappa shape index (κ2) is 14.0. The number of rotatable bonds is 13. The zero-order valence-electron chi connectivity index (χ0n) is 22.3. The second-order valence-corrected chi connectivity index (χ2v) is 10.9. The van der Waals surface area contributed by atoms with Crippen molar-refractivity contribution in [2.45, 2.75) is 64.5 Å². The van der Waals surface area contributed by atoms with E-state index in [1.54, 1.807) is 24.3 Å². The molecule has 2 aromatic carbocycles. The number of anilines is 1. The number of nitrogens with one attached hydrogen (secondary N) is 1. The summed E-state index contributed by atoms with van der Waals surface area (Å²) in [5.74, 6) is -0.706. The number of fused-ring (bicyclic) bond motifs is 1. The number of unbranched alkanes of at least 4 members (excludes halogenated alkanes) is 7. The lowest BCUT2D eigenvalue weighted by Crippen LogP contribution is -2.15. The number of benzene rings is 2. The number of alkyl halides is 3. The first-order valence-corrected chi connectivity index (χ1v) is 14.6. The number of aromatic nitrogens is 3. The van der Waals surface area contributed by atoms with Crippen LogP contribution in [-0.2, 0) is 6.18 Å². The number of amides is 1. The largest absolute Gasteiger partial charge is 0.494 e. The lowest BCUT2D eigenvalue weighted by atomic mass is 10.1. The van der Waals surface area contributed by atoms with Gasteiger partial charge in [-0.15, -0.1) is 0 Å². The molecule has 1 amide bonds. The van der Waals surface area contributed by atoms with E-state index in [4.69, 9.17) is 4.74 Å². The van der Waals surface area contributed by atoms with E-state index < -0.39 is 12.0 Å². The van der Waals surface area contributed by atoms with E-state index in [9.17, 15) is 18.0 Å². The SMILES string of the molecule is CCCCCCCCCCOc1ccc2c(c1)nc(C(F)(F)F)n2-c1ccc(NC(=O)c2ccc(I)cc2)nc1. The lowest BCUT2D eigenvalue weighted by molar-refractivity contribution is -0.145. The number of carbonyl (C=O) groups is 1. The van der Waals surface area contributed by atoms with Crippen LogP contribution in [0, 0.1) is 3.57 Å². The maximum absolute atomic E-state index is 14.0. The summed E-state index contributed by atoms with van der Waals surface area (Å²) in [5.41, 5.74) is 1.09. The third-order valence-electron chi connectivity index (χ3n) is 6.50. The predicted molar refractivity (Wildman–Crippen MR) is 159 cm³/mol. The van der Waals surface area contributed by atoms with Crippen LogP contribution >= 0.6 is 22.6 Å². The minimum atomic E-state index is -4.69. The summed E-state index contributed by atoms with van der Waals surface area (Å²) in [7, 11) is 0. The first kappa shape index (κ1) is 29.8. The molecule has 40 heavy (non-hydrogen) atoms. The fraction of sp³-hybridized carbons (Fsp3) is 0.367. The number of halogens is 4. The molecule has 0 saturated carbocycles. The third-order valence-corrected chi connectivity index (χ3v) is 7.22. The maximum atomic E-state index is 14.0. The Kier molecular flexibility index (Phi) is 10.4. The van der Waals surface area contributed by atoms with Gasteiger partial charge in [0.15, 0.2) is 0 Å². The number of pyridine rings is 1. The van der Waals surface area contributed by atoms with Crippen LogP contribution in [0.2, 0.25) is 0 Å². The molecule has 2 aromatic heterocycles. The van der Waals surface area contributed by atoms with Crippen molar-refractivity contribution in [1.82, 2.24) is 14.5 Å². The predicted octanol–water partition coefficient (Wildman–Crippen LogP) is 8.82. The standard InChI is InChI=1S/C30H32F3IN4O2/c1-2-3-4-5-6-7-8-9-18-40-24-15-16-26-25(19-24)36-29(30(31,32)33)38(26)23-14-17-27(35-20-23)37-28(39)21-10-12-22(34)13-11-21/h10-17,19-20H,2-9,18H2,1H3,(H,35,37,39). The van der Waals surface area contributed by atoms with Crippen LogP contribution in [-0.4, -0.2) is 27.0 Å². The van der Waals surface area contributed by atoms with Gasteiger partial charge in [-0.3, -0.25) is 9.36 Å². The maximum Gasteiger partial charge on any atom is 0.450 e. The van der Waals surface area contributed by atoms with Crippen molar-refractivity contribution in [3.8, 4) is 11.4 Å². The van der Waals surface area contributed by atoms with E-state index in [1.165, 1.54) is 56.5 Å². The van der Waals surface area contributed by atoms with Crippen molar-refractivity contribution in [3.63, 3.8) is 0 Å². The van der Waals surface area contributed by atoms with Crippen molar-refractivity contribution in [2.75, 3.05) is 11.9 Å². The van der Waals surface area contributed by atoms with Crippen LogP contribution in [0.5, 0.6) is 5.75 Å². The molecule has 6 nitrogen and oxygen atoms in total. The van der Waals surface area contributed by atoms with E-state index in [2.05, 4.69) is 44.8 Å². The summed E-state index contributed by atoms with van der Waals surface area (Å²) >= 11 is 2.14. The molecule has 4 rings (SSSR count). The molecule has 4 aromatic rings. The molecule has 2 heterocycles. The Morgan fingerprint density at radius 2 is 1.65 bits per heavy atom. The quantitative estimate of drug-likeness (QED) is 0.115. The molecule has 0 spiro atoms. The monoisotopic (exact) mass is 664 g/mol. The normalized spacial score (nSPS) is 11.6. The number of carbonyl (C=O) groups excluding carboxylic acids is 1. The summed E-state index contributed by atoms with van der Waals surface area (Å²) in [6.07, 6.45) is 6.00. The van der Waals surface area contributed by atoms with Gasteiger partial charge in [-0.1, -0.05) is 51.9 Å². The van der Waals surface area contributed by atoms with E-state index in [-0.39, 0.29) is 28.4 Å². The molecular weight excluding hydrogens is 632 g/mol. The summed E-state index contributed by atoms with van der Waals surface area (Å²) < 4.78 is 49.7. The van der Waals surface area contributed by atoms with E-state index in [0.29, 0.717) is 17.9 Å². The van der Waals surface area contributed by atoms with Crippen molar-refractivity contribution in [1.29, 1.82) is 0 Å². The molecular formula is C30H32F3IN4O2. The average Bonchev–Trinajstić information content (AvgIpc) is 3.32. The first-order valence-electron chi connectivity index (χ1n) is 13.5. The number of imidazole rings is 1. The highest BCUT2D eigenvalue weighted by Gasteiger charge is 2.38. The van der Waals surface area contributed by atoms with Gasteiger partial charge < -0.3 is 10.1 Å². The summed E-state index contributed by atoms with van der Waals surface area (Å²) in [4.78, 5) is 20.5. The van der Waals surface area contributed by atoms with Gasteiger partial charge in [0, 0.05) is 15.2 Å². The fourth-order valence-electron chi connectivity index (χ4n) is 4.41. The Morgan fingerprint density at radius 1 is 0.950 bits per heavy atom. The molecule has 0 bridgehead atoms. The number of hydrogen-bond donors (Lipinski definition) is 1. The van der Waals surface area contributed by atoms with Crippen LogP contribution in [0.1, 0.15) is 74.5 Å². The van der Waals surface area contributed by atoms with Crippen LogP contribution < -0.4 is 10.1 Å². The molecule has 0 saturated heterocycles. The highest BCUT2D eigenvalue weighted by molar-refractivity contribution is 14.1. The Bertz CT molecular complexity index is 1400. The highest BCUT2D eigenvalue weighted by atomic mass is 127. The van der Waals surface area contributed by atoms with Crippen molar-refractivity contribution >= 4 is 45.3 Å². The minimum Gasteiger partial charge on any atom is -0.494 e. The van der Waals surface area contributed by atoms with Crippen LogP contribution in [0.3, 0.4) is 0 Å². The van der Waals surface area contributed by atoms with E-state index in [0.717, 1.165) is 27.4 Å². The topological polar surface area (TPSA) is 69.0 Å². The van der Waals surface area contributed by atoms with Crippen LogP contribution in [0.4, 0.5) is 19.0 Å². The molecule has 1 N–H and O–H groups in total. The molecule has 0 atom stereocenters. The van der Waals surface area contributed by atoms with E-state index in [1.807, 2.05) is 12.1 Å². The Labute approximate surface area is 245 Å². The zero-order valence-corrected chi connectivity index (χ0v) is 24.5. The molecule has 0 fully saturated rings. The van der Waals surface area contributed by atoms with Crippen molar-refractivity contribution < 1.29 is 22.7 Å². The van der Waals surface area contributed by atoms with Gasteiger partial charge in [0.05, 0.1) is 29.5 Å². The van der Waals surface area contributed by atoms with Gasteiger partial charge in [0.25, 0.3) is 5.91 Å². The second-order valence-electron chi connectivity index (χ2n) is 9.61. The lowest BCUT2D eigenvalue weighted by Gasteiger charge is -2.12. The van der Waals surface area contributed by atoms with Gasteiger partial charge >= 0.3 is 6.18 Å². The van der Waals surface area contributed by atoms with Crippen molar-refractivity contribution in [2.24, 2.45) is 0 Å². The van der Waals surface area contributed by atoms with E-state index >= 15 is 0 Å². The molecule has 10 heteroatoms. The van der Waals surface area contributed by atoms with Crippen molar-refractivity contribution in [3.05, 3.63) is 75.8 Å². The van der Waals surface area contributed by atoms with Gasteiger partial charge in [-0.25, -0.2) is 9.97 Å². The number of nitrogens with zero attached hydrogens (tertiary/aromatic N) is 3. The van der Waals surface area contributed by atoms with Gasteiger partial charge in [-0.05, 0) is 77.5 Å². The van der Waals surface area contributed by atoms with Crippen LogP contribution in [0.25, 0.3) is 16.7 Å². The number of ether oxygens (including phenoxy) is 1. The van der Waals surface area contributed by atoms with Gasteiger partial charge in [0.1, 0.15) is 11.6 Å². The third kappa shape index (κ3) is 7.96. The molecule has 0 unspecified atom stereocenters. The van der Waals surface area contributed by atoms with Gasteiger partial charge in [-0.2, -0.15) is 13.2 Å². The summed E-state index contributed by atoms with van der Waals surface area (Å²) in [6.45, 7) is 2.71. The molecule has 0 aliphatic heterocycles. The Morgan fingerprint density at radius 3 is 2.30 bits per heavy atom. The number of hydrogen-bond acceptors (Lipinski definition) is 4. The Hall–Kier alpha value is -3.15. The summed E-state index contributed by atoms with van der Waals surface area (Å²) in [5, 5.41) is 2.67. The molecule has 212 valence electrons. The van der Waals surface area contributed by atoms with Gasteiger partial charge in [0.2, 0.25) is 5.82 Å². The first-order chi connectivity index (χ1) is 19.3. The zero-order chi connectivity index (χ0) is 28.5. The minimum absolute atomic E-state index is 0.176. The highest BCUT2D eigenvalue weighted by Crippen LogP contribution is 2.35. The molecule has 0 radical (unpaired) electrons. The fourth-order valence-corrected chi connectivity index (χ4v) is 4.77. The Balaban J connectivity index is 1.44. The molecule has 0 aliphatic rings. The molecule has 0 aliphatic carbocycles. The smallest absolute Gasteiger partial charge is 0.450 e. The average molecular weight is 665 g/mol.